The number of hydrogen-bond acceptors (Lipinski definition) is 15. The number of aliphatic imine (C=N–C) groups is 2. The number of carbonyl (C=O) groups excluding carboxylic acids is 10. The van der Waals surface area contributed by atoms with Crippen molar-refractivity contribution in [2.75, 3.05) is 118 Å². The lowest BCUT2D eigenvalue weighted by Gasteiger charge is -2.34. The van der Waals surface area contributed by atoms with Gasteiger partial charge < -0.3 is 78.9 Å². The van der Waals surface area contributed by atoms with Crippen molar-refractivity contribution in [3.63, 3.8) is 0 Å². The van der Waals surface area contributed by atoms with Gasteiger partial charge in [-0.05, 0) is 113 Å². The molecule has 2 heterocycles. The van der Waals surface area contributed by atoms with Crippen LogP contribution in [-0.2, 0) is 47.9 Å². The SMILES string of the molecule is CC(C)CN(CC(=O)N(CCCCN=C(N)N)CC(=O)N(CC(=O)N1CCCC1C(=O)C(=O)C1CCCN1C(=O)CN(C(=O)CN(CCCCN=C(N)N)C(=O)CN(CC(C)C)C(=O)CNCC(c1ccccc1)c1ccccc1)C(C)C)C(C)C)C(=O)CNCC(c1ccccc1)c1ccccc1.N. The second-order valence-corrected chi connectivity index (χ2v) is 28.5. The number of unbranched alkanes of at least 4 members (excludes halogenated alkanes) is 2. The van der Waals surface area contributed by atoms with Crippen LogP contribution in [0.2, 0.25) is 0 Å². The molecule has 0 spiro atoms. The molecule has 2 saturated heterocycles. The minimum atomic E-state index is -1.17. The quantitative estimate of drug-likeness (QED) is 0.0140. The van der Waals surface area contributed by atoms with Gasteiger partial charge in [0, 0.05) is 89.4 Å². The summed E-state index contributed by atoms with van der Waals surface area (Å²) in [6.07, 6.45) is 2.86. The van der Waals surface area contributed by atoms with E-state index in [0.717, 1.165) is 22.3 Å². The fraction of sp³-hybridized carbons (Fsp3) is 0.538. The highest BCUT2D eigenvalue weighted by atomic mass is 16.2. The van der Waals surface area contributed by atoms with Crippen molar-refractivity contribution in [3.8, 4) is 0 Å². The van der Waals surface area contributed by atoms with E-state index in [4.69, 9.17) is 22.9 Å². The van der Waals surface area contributed by atoms with Gasteiger partial charge in [-0.2, -0.15) is 0 Å². The van der Waals surface area contributed by atoms with Gasteiger partial charge in [0.25, 0.3) is 0 Å². The summed E-state index contributed by atoms with van der Waals surface area (Å²) in [5.41, 5.74) is 26.7. The molecule has 2 aliphatic rings. The topological polar surface area (TPSA) is 384 Å². The van der Waals surface area contributed by atoms with E-state index < -0.39 is 97.4 Å². The van der Waals surface area contributed by atoms with Crippen molar-refractivity contribution in [3.05, 3.63) is 144 Å². The highest BCUT2D eigenvalue weighted by Crippen LogP contribution is 2.28. The lowest BCUT2D eigenvalue weighted by molar-refractivity contribution is -0.151. The molecule has 0 aromatic heterocycles. The number of nitrogens with two attached hydrogens (primary N) is 4. The molecule has 6 rings (SSSR count). The number of guanidine groups is 2. The summed E-state index contributed by atoms with van der Waals surface area (Å²) < 4.78 is 0. The first kappa shape index (κ1) is 86.0. The Labute approximate surface area is 620 Å². The van der Waals surface area contributed by atoms with Crippen LogP contribution in [0.25, 0.3) is 0 Å². The average molecular weight is 1450 g/mol. The Bertz CT molecular complexity index is 3180. The summed E-state index contributed by atoms with van der Waals surface area (Å²) in [5, 5.41) is 6.69. The zero-order chi connectivity index (χ0) is 75.8. The number of amides is 8. The van der Waals surface area contributed by atoms with Gasteiger partial charge in [0.2, 0.25) is 58.8 Å². The number of nitrogens with zero attached hydrogens (tertiary/aromatic N) is 10. The van der Waals surface area contributed by atoms with E-state index in [-0.39, 0.29) is 145 Å². The van der Waals surface area contributed by atoms with Gasteiger partial charge in [-0.15, -0.1) is 0 Å². The molecule has 2 atom stereocenters. The molecule has 0 aliphatic carbocycles. The molecular weight excluding hydrogens is 1330 g/mol. The first-order chi connectivity index (χ1) is 49.7. The van der Waals surface area contributed by atoms with Crippen LogP contribution in [0.4, 0.5) is 0 Å². The number of hydrogen-bond donors (Lipinski definition) is 7. The van der Waals surface area contributed by atoms with Crippen LogP contribution in [0.1, 0.15) is 141 Å². The molecule has 8 amide bonds. The van der Waals surface area contributed by atoms with E-state index in [1.807, 2.05) is 149 Å². The highest BCUT2D eigenvalue weighted by molar-refractivity contribution is 6.41. The number of nitrogens with one attached hydrogen (secondary N) is 2. The Morgan fingerprint density at radius 2 is 0.724 bits per heavy atom. The van der Waals surface area contributed by atoms with Crippen LogP contribution in [0.5, 0.6) is 0 Å². The summed E-state index contributed by atoms with van der Waals surface area (Å²) in [5.74, 6) is -5.78. The fourth-order valence-corrected chi connectivity index (χ4v) is 13.3. The second-order valence-electron chi connectivity index (χ2n) is 28.5. The lowest BCUT2D eigenvalue weighted by atomic mass is 9.91. The fourth-order valence-electron chi connectivity index (χ4n) is 13.3. The van der Waals surface area contributed by atoms with Crippen LogP contribution in [-0.4, -0.2) is 252 Å². The first-order valence-corrected chi connectivity index (χ1v) is 36.8. The maximum atomic E-state index is 14.6. The van der Waals surface area contributed by atoms with Crippen molar-refractivity contribution in [1.82, 2.24) is 56.0 Å². The van der Waals surface area contributed by atoms with Gasteiger partial charge in [-0.1, -0.05) is 149 Å². The Kier molecular flexibility index (Phi) is 36.3. The van der Waals surface area contributed by atoms with Crippen LogP contribution >= 0.6 is 0 Å². The van der Waals surface area contributed by atoms with E-state index >= 15 is 0 Å². The molecule has 105 heavy (non-hydrogen) atoms. The Morgan fingerprint density at radius 3 is 1.01 bits per heavy atom. The predicted octanol–water partition coefficient (Wildman–Crippen LogP) is 4.32. The summed E-state index contributed by atoms with van der Waals surface area (Å²) in [4.78, 5) is 164. The lowest BCUT2D eigenvalue weighted by Crippen LogP contribution is -2.55. The summed E-state index contributed by atoms with van der Waals surface area (Å²) in [6.45, 7) is 14.6. The number of ketones is 2. The maximum absolute atomic E-state index is 14.6. The molecule has 0 radical (unpaired) electrons. The van der Waals surface area contributed by atoms with Crippen molar-refractivity contribution in [2.24, 2.45) is 44.8 Å². The van der Waals surface area contributed by atoms with Gasteiger partial charge in [0.1, 0.15) is 13.1 Å². The molecule has 27 nitrogen and oxygen atoms in total. The third kappa shape index (κ3) is 27.8. The average Bonchev–Trinajstić information content (AvgIpc) is 1.71. The van der Waals surface area contributed by atoms with Crippen LogP contribution in [0, 0.1) is 11.8 Å². The van der Waals surface area contributed by atoms with E-state index in [9.17, 15) is 47.9 Å². The van der Waals surface area contributed by atoms with E-state index in [1.54, 1.807) is 27.7 Å². The van der Waals surface area contributed by atoms with Crippen molar-refractivity contribution >= 4 is 70.7 Å². The monoisotopic (exact) mass is 1450 g/mol. The minimum absolute atomic E-state index is 0. The molecule has 4 aromatic carbocycles. The zero-order valence-electron chi connectivity index (χ0n) is 63.1. The third-order valence-corrected chi connectivity index (χ3v) is 18.7. The van der Waals surface area contributed by atoms with Gasteiger partial charge in [-0.25, -0.2) is 0 Å². The molecule has 13 N–H and O–H groups in total. The molecule has 0 bridgehead atoms. The van der Waals surface area contributed by atoms with Gasteiger partial charge >= 0.3 is 0 Å². The second kappa shape index (κ2) is 44.3. The predicted molar refractivity (Wildman–Crippen MR) is 409 cm³/mol. The molecule has 2 aliphatic heterocycles. The molecular formula is C78H117N17O10. The maximum Gasteiger partial charge on any atom is 0.242 e. The zero-order valence-corrected chi connectivity index (χ0v) is 63.1. The molecule has 27 heteroatoms. The molecule has 2 unspecified atom stereocenters. The third-order valence-electron chi connectivity index (χ3n) is 18.7. The number of rotatable bonds is 43. The van der Waals surface area contributed by atoms with Crippen molar-refractivity contribution < 1.29 is 47.9 Å². The summed E-state index contributed by atoms with van der Waals surface area (Å²) >= 11 is 0. The van der Waals surface area contributed by atoms with Crippen molar-refractivity contribution in [2.45, 2.75) is 143 Å². The van der Waals surface area contributed by atoms with E-state index in [0.29, 0.717) is 51.6 Å². The summed E-state index contributed by atoms with van der Waals surface area (Å²) in [7, 11) is 0. The Hall–Kier alpha value is -9.60. The Balaban J connectivity index is 0.0000198. The molecule has 0 saturated carbocycles. The number of benzene rings is 4. The van der Waals surface area contributed by atoms with Gasteiger partial charge in [0.05, 0.1) is 51.4 Å². The number of carbonyl (C=O) groups is 10. The molecule has 574 valence electrons. The number of likely N-dealkylation sites (tertiary alicyclic amines) is 2. The van der Waals surface area contributed by atoms with E-state index in [1.165, 1.54) is 39.2 Å². The number of Topliss-reactive ketones (excluding diaryl/α,β-unsaturated/α-hetero) is 2. The highest BCUT2D eigenvalue weighted by Gasteiger charge is 2.45. The van der Waals surface area contributed by atoms with E-state index in [2.05, 4.69) is 20.6 Å². The van der Waals surface area contributed by atoms with Crippen LogP contribution in [0.3, 0.4) is 0 Å². The summed E-state index contributed by atoms with van der Waals surface area (Å²) in [6, 6.07) is 36.5. The Morgan fingerprint density at radius 1 is 0.419 bits per heavy atom. The first-order valence-electron chi connectivity index (χ1n) is 36.8. The smallest absolute Gasteiger partial charge is 0.242 e. The van der Waals surface area contributed by atoms with Gasteiger partial charge in [-0.3, -0.25) is 57.9 Å². The minimum Gasteiger partial charge on any atom is -0.370 e. The normalized spacial score (nSPS) is 14.1. The van der Waals surface area contributed by atoms with Crippen molar-refractivity contribution in [1.29, 1.82) is 0 Å². The largest absolute Gasteiger partial charge is 0.370 e. The van der Waals surface area contributed by atoms with Gasteiger partial charge in [0.15, 0.2) is 11.9 Å². The molecule has 4 aromatic rings. The van der Waals surface area contributed by atoms with Crippen LogP contribution < -0.4 is 39.7 Å². The standard InChI is InChI=1S/C78H114N16O10.H3N/c1-55(2)47-89(67(95)45-83-43-63(59-27-13-9-14-28-59)60-29-15-10-16-30-60)49-69(97)87(39-23-21-37-85-77(79)80)51-71(99)93(57(5)6)53-73(101)91-41-25-35-65(91)75(103)76(104)66-36-26-42-92(66)74(102)54-94(58(7)8)72(100)52-88(40-24-22-38-86-78(81)82)70(98)50-90(48-56(3)4)68(96)46-84-44-64(61-31-17-11-18-32-61)62-33-19-12-20-34-62;/h9-20,27-34,55-58,63-66,83-84H,21-26,35-54H2,1-8H3,(H4,79,80,85)(H4,81,82,86);1H3. The van der Waals surface area contributed by atoms with Crippen LogP contribution in [0.15, 0.2) is 131 Å². The molecule has 2 fully saturated rings.